The summed E-state index contributed by atoms with van der Waals surface area (Å²) in [5.41, 5.74) is 2.12. The van der Waals surface area contributed by atoms with Crippen molar-refractivity contribution in [3.05, 3.63) is 66.2 Å². The van der Waals surface area contributed by atoms with Crippen molar-refractivity contribution in [3.63, 3.8) is 0 Å². The zero-order valence-electron chi connectivity index (χ0n) is 16.1. The fraction of sp³-hybridized carbons (Fsp3) is 0.364. The van der Waals surface area contributed by atoms with E-state index in [0.29, 0.717) is 0 Å². The number of furan rings is 1. The lowest BCUT2D eigenvalue weighted by atomic mass is 10.0. The van der Waals surface area contributed by atoms with Crippen LogP contribution in [0.15, 0.2) is 59.3 Å². The average molecular weight is 378 g/mol. The van der Waals surface area contributed by atoms with E-state index in [9.17, 15) is 4.79 Å². The van der Waals surface area contributed by atoms with E-state index in [1.54, 1.807) is 0 Å². The lowest BCUT2D eigenvalue weighted by Gasteiger charge is -2.32. The Kier molecular flexibility index (Phi) is 5.58. The number of carbonyl (C=O) groups is 1. The van der Waals surface area contributed by atoms with Gasteiger partial charge in [-0.1, -0.05) is 18.2 Å². The van der Waals surface area contributed by atoms with E-state index < -0.39 is 0 Å². The Morgan fingerprint density at radius 2 is 1.96 bits per heavy atom. The Morgan fingerprint density at radius 1 is 1.21 bits per heavy atom. The fourth-order valence-corrected chi connectivity index (χ4v) is 3.69. The quantitative estimate of drug-likeness (QED) is 0.707. The zero-order chi connectivity index (χ0) is 19.3. The molecule has 2 N–H and O–H groups in total. The summed E-state index contributed by atoms with van der Waals surface area (Å²) in [5.74, 6) is 0.767. The van der Waals surface area contributed by atoms with Gasteiger partial charge in [-0.3, -0.25) is 9.88 Å². The van der Waals surface area contributed by atoms with Crippen molar-refractivity contribution in [2.45, 2.75) is 38.4 Å². The highest BCUT2D eigenvalue weighted by atomic mass is 16.3. The summed E-state index contributed by atoms with van der Waals surface area (Å²) in [5, 5.41) is 7.15. The predicted molar refractivity (Wildman–Crippen MR) is 109 cm³/mol. The van der Waals surface area contributed by atoms with Crippen LogP contribution in [0.25, 0.3) is 11.0 Å². The summed E-state index contributed by atoms with van der Waals surface area (Å²) >= 11 is 0. The number of hydrogen-bond acceptors (Lipinski definition) is 4. The van der Waals surface area contributed by atoms with Gasteiger partial charge in [-0.2, -0.15) is 0 Å². The number of benzene rings is 1. The molecule has 2 amide bonds. The smallest absolute Gasteiger partial charge is 0.315 e. The van der Waals surface area contributed by atoms with Crippen LogP contribution < -0.4 is 10.6 Å². The van der Waals surface area contributed by atoms with Crippen molar-refractivity contribution in [1.82, 2.24) is 20.5 Å². The van der Waals surface area contributed by atoms with Crippen LogP contribution in [0.2, 0.25) is 0 Å². The van der Waals surface area contributed by atoms with Crippen LogP contribution in [-0.2, 0) is 6.54 Å². The molecular formula is C22H26N4O2. The van der Waals surface area contributed by atoms with Gasteiger partial charge in [-0.25, -0.2) is 4.79 Å². The third kappa shape index (κ3) is 4.51. The number of likely N-dealkylation sites (tertiary alicyclic amines) is 1. The summed E-state index contributed by atoms with van der Waals surface area (Å²) in [6, 6.07) is 13.8. The molecule has 4 rings (SSSR count). The van der Waals surface area contributed by atoms with Crippen molar-refractivity contribution in [2.24, 2.45) is 0 Å². The number of aromatic nitrogens is 1. The highest BCUT2D eigenvalue weighted by Gasteiger charge is 2.22. The SMILES string of the molecule is CC(NC(=O)NC1CCN(Cc2ccncc2)CC1)c1cc2ccccc2o1. The molecule has 0 aliphatic carbocycles. The van der Waals surface area contributed by atoms with E-state index in [1.165, 1.54) is 5.56 Å². The van der Waals surface area contributed by atoms with Gasteiger partial charge >= 0.3 is 6.03 Å². The van der Waals surface area contributed by atoms with E-state index in [-0.39, 0.29) is 18.1 Å². The molecule has 28 heavy (non-hydrogen) atoms. The number of rotatable bonds is 5. The molecule has 1 atom stereocenters. The Bertz CT molecular complexity index is 883. The van der Waals surface area contributed by atoms with Gasteiger partial charge in [0.2, 0.25) is 0 Å². The van der Waals surface area contributed by atoms with Crippen LogP contribution in [0, 0.1) is 0 Å². The molecule has 1 aromatic carbocycles. The Labute approximate surface area is 164 Å². The molecule has 1 fully saturated rings. The Balaban J connectivity index is 1.24. The molecule has 2 aromatic heterocycles. The molecule has 1 unspecified atom stereocenters. The van der Waals surface area contributed by atoms with E-state index in [1.807, 2.05) is 49.6 Å². The standard InChI is InChI=1S/C22H26N4O2/c1-16(21-14-18-4-2-3-5-20(18)28-21)24-22(27)25-19-8-12-26(13-9-19)15-17-6-10-23-11-7-17/h2-7,10-11,14,16,19H,8-9,12-13,15H2,1H3,(H2,24,25,27). The second-order valence-electron chi connectivity index (χ2n) is 7.43. The third-order valence-corrected chi connectivity index (χ3v) is 5.30. The molecule has 6 heteroatoms. The molecular weight excluding hydrogens is 352 g/mol. The van der Waals surface area contributed by atoms with Gasteiger partial charge < -0.3 is 15.1 Å². The number of nitrogens with zero attached hydrogens (tertiary/aromatic N) is 2. The molecule has 3 heterocycles. The van der Waals surface area contributed by atoms with Crippen LogP contribution in [0.5, 0.6) is 0 Å². The van der Waals surface area contributed by atoms with Gasteiger partial charge in [0.1, 0.15) is 11.3 Å². The molecule has 0 radical (unpaired) electrons. The summed E-state index contributed by atoms with van der Waals surface area (Å²) in [4.78, 5) is 18.9. The average Bonchev–Trinajstić information content (AvgIpc) is 3.15. The monoisotopic (exact) mass is 378 g/mol. The summed E-state index contributed by atoms with van der Waals surface area (Å²) in [6.07, 6.45) is 5.57. The molecule has 1 saturated heterocycles. The second-order valence-corrected chi connectivity index (χ2v) is 7.43. The highest BCUT2D eigenvalue weighted by Crippen LogP contribution is 2.23. The first-order valence-electron chi connectivity index (χ1n) is 9.84. The van der Waals surface area contributed by atoms with Crippen molar-refractivity contribution in [2.75, 3.05) is 13.1 Å². The van der Waals surface area contributed by atoms with Crippen molar-refractivity contribution < 1.29 is 9.21 Å². The highest BCUT2D eigenvalue weighted by molar-refractivity contribution is 5.78. The van der Waals surface area contributed by atoms with Crippen LogP contribution in [-0.4, -0.2) is 35.0 Å². The van der Waals surface area contributed by atoms with E-state index in [2.05, 4.69) is 32.7 Å². The van der Waals surface area contributed by atoms with Gasteiger partial charge in [0.15, 0.2) is 0 Å². The minimum atomic E-state index is -0.181. The number of hydrogen-bond donors (Lipinski definition) is 2. The third-order valence-electron chi connectivity index (χ3n) is 5.30. The number of piperidine rings is 1. The van der Waals surface area contributed by atoms with Crippen LogP contribution in [0.3, 0.4) is 0 Å². The first-order valence-corrected chi connectivity index (χ1v) is 9.84. The number of fused-ring (bicyclic) bond motifs is 1. The van der Waals surface area contributed by atoms with Gasteiger partial charge in [0.05, 0.1) is 6.04 Å². The number of urea groups is 1. The second kappa shape index (κ2) is 8.44. The first-order chi connectivity index (χ1) is 13.7. The minimum Gasteiger partial charge on any atom is -0.459 e. The predicted octanol–water partition coefficient (Wildman–Crippen LogP) is 3.85. The van der Waals surface area contributed by atoms with Crippen molar-refractivity contribution in [3.8, 4) is 0 Å². The Hall–Kier alpha value is -2.86. The Morgan fingerprint density at radius 3 is 2.71 bits per heavy atom. The zero-order valence-corrected chi connectivity index (χ0v) is 16.1. The maximum Gasteiger partial charge on any atom is 0.315 e. The number of amides is 2. The van der Waals surface area contributed by atoms with Crippen LogP contribution in [0.4, 0.5) is 4.79 Å². The molecule has 0 saturated carbocycles. The molecule has 1 aliphatic rings. The normalized spacial score (nSPS) is 16.8. The van der Waals surface area contributed by atoms with Crippen molar-refractivity contribution >= 4 is 17.0 Å². The van der Waals surface area contributed by atoms with Gasteiger partial charge in [-0.15, -0.1) is 0 Å². The molecule has 1 aliphatic heterocycles. The van der Waals surface area contributed by atoms with E-state index in [4.69, 9.17) is 4.42 Å². The summed E-state index contributed by atoms with van der Waals surface area (Å²) < 4.78 is 5.84. The fourth-order valence-electron chi connectivity index (χ4n) is 3.69. The van der Waals surface area contributed by atoms with Gasteiger partial charge in [0, 0.05) is 43.5 Å². The number of para-hydroxylation sites is 1. The number of nitrogens with one attached hydrogen (secondary N) is 2. The van der Waals surface area contributed by atoms with Crippen LogP contribution in [0.1, 0.15) is 37.1 Å². The molecule has 146 valence electrons. The van der Waals surface area contributed by atoms with Gasteiger partial charge in [-0.05, 0) is 49.6 Å². The first kappa shape index (κ1) is 18.5. The minimum absolute atomic E-state index is 0.138. The van der Waals surface area contributed by atoms with Crippen LogP contribution >= 0.6 is 0 Å². The lowest BCUT2D eigenvalue weighted by Crippen LogP contribution is -2.48. The molecule has 3 aromatic rings. The maximum absolute atomic E-state index is 12.4. The molecule has 0 spiro atoms. The summed E-state index contributed by atoms with van der Waals surface area (Å²) in [6.45, 7) is 4.83. The molecule has 0 bridgehead atoms. The van der Waals surface area contributed by atoms with Gasteiger partial charge in [0.25, 0.3) is 0 Å². The number of pyridine rings is 1. The molecule has 6 nitrogen and oxygen atoms in total. The topological polar surface area (TPSA) is 70.4 Å². The number of carbonyl (C=O) groups excluding carboxylic acids is 1. The largest absolute Gasteiger partial charge is 0.459 e. The lowest BCUT2D eigenvalue weighted by molar-refractivity contribution is 0.185. The summed E-state index contributed by atoms with van der Waals surface area (Å²) in [7, 11) is 0. The maximum atomic E-state index is 12.4. The van der Waals surface area contributed by atoms with E-state index in [0.717, 1.165) is 49.2 Å². The van der Waals surface area contributed by atoms with E-state index >= 15 is 0 Å². The van der Waals surface area contributed by atoms with Crippen molar-refractivity contribution in [1.29, 1.82) is 0 Å².